The Kier molecular flexibility index (Phi) is 5.34. The van der Waals surface area contributed by atoms with Crippen molar-refractivity contribution in [1.82, 2.24) is 15.3 Å². The molecule has 3 rings (SSSR count). The minimum atomic E-state index is -0.179. The minimum Gasteiger partial charge on any atom is -0.481 e. The van der Waals surface area contributed by atoms with E-state index in [0.29, 0.717) is 29.6 Å². The molecule has 0 radical (unpaired) electrons. The first-order valence-electron chi connectivity index (χ1n) is 8.20. The number of halogens is 1. The number of aromatic nitrogens is 2. The van der Waals surface area contributed by atoms with Crippen LogP contribution in [-0.4, -0.2) is 23.0 Å². The number of methoxy groups -OCH3 is 1. The van der Waals surface area contributed by atoms with Gasteiger partial charge in [0.05, 0.1) is 7.11 Å². The fourth-order valence-corrected chi connectivity index (χ4v) is 3.25. The van der Waals surface area contributed by atoms with Gasteiger partial charge in [0.25, 0.3) is 5.91 Å². The summed E-state index contributed by atoms with van der Waals surface area (Å²) in [5.41, 5.74) is 4.25. The molecule has 1 aliphatic heterocycles. The number of hydrogen-bond donors (Lipinski definition) is 1. The van der Waals surface area contributed by atoms with E-state index in [4.69, 9.17) is 16.3 Å². The van der Waals surface area contributed by atoms with Crippen molar-refractivity contribution in [1.29, 1.82) is 0 Å². The fraction of sp³-hybridized carbons (Fsp3) is 0.316. The normalized spacial score (nSPS) is 15.9. The Hall–Kier alpha value is -2.40. The zero-order valence-electron chi connectivity index (χ0n) is 14.3. The Labute approximate surface area is 152 Å². The maximum Gasteiger partial charge on any atom is 0.252 e. The van der Waals surface area contributed by atoms with Crippen molar-refractivity contribution in [2.24, 2.45) is 0 Å². The van der Waals surface area contributed by atoms with E-state index in [1.54, 1.807) is 19.4 Å². The van der Waals surface area contributed by atoms with Crippen LogP contribution >= 0.6 is 11.6 Å². The van der Waals surface area contributed by atoms with Crippen LogP contribution in [0.5, 0.6) is 5.88 Å². The number of ether oxygens (including phenoxy) is 1. The zero-order valence-corrected chi connectivity index (χ0v) is 15.1. The molecule has 1 aliphatic rings. The first kappa shape index (κ1) is 17.4. The summed E-state index contributed by atoms with van der Waals surface area (Å²) in [7, 11) is 1.60. The lowest BCUT2D eigenvalue weighted by Gasteiger charge is -2.16. The number of nitrogens with one attached hydrogen (secondary N) is 1. The first-order chi connectivity index (χ1) is 12.1. The molecule has 0 saturated carbocycles. The molecule has 2 aromatic heterocycles. The third-order valence-electron chi connectivity index (χ3n) is 4.24. The topological polar surface area (TPSA) is 64.1 Å². The average molecular weight is 358 g/mol. The zero-order chi connectivity index (χ0) is 17.8. The predicted molar refractivity (Wildman–Crippen MR) is 97.1 cm³/mol. The van der Waals surface area contributed by atoms with E-state index in [1.165, 1.54) is 0 Å². The number of pyridine rings is 2. The van der Waals surface area contributed by atoms with Gasteiger partial charge in [0.15, 0.2) is 0 Å². The molecular formula is C19H20ClN3O2. The lowest BCUT2D eigenvalue weighted by Crippen LogP contribution is -2.25. The highest BCUT2D eigenvalue weighted by Crippen LogP contribution is 2.24. The van der Waals surface area contributed by atoms with Crippen LogP contribution in [0.3, 0.4) is 0 Å². The van der Waals surface area contributed by atoms with Crippen molar-refractivity contribution in [3.05, 3.63) is 63.6 Å². The smallest absolute Gasteiger partial charge is 0.252 e. The van der Waals surface area contributed by atoms with Gasteiger partial charge in [-0.1, -0.05) is 23.8 Å². The van der Waals surface area contributed by atoms with E-state index in [0.717, 1.165) is 35.2 Å². The summed E-state index contributed by atoms with van der Waals surface area (Å²) in [6.45, 7) is 2.30. The van der Waals surface area contributed by atoms with Crippen LogP contribution < -0.4 is 10.1 Å². The number of amides is 1. The molecule has 25 heavy (non-hydrogen) atoms. The van der Waals surface area contributed by atoms with Crippen molar-refractivity contribution in [2.45, 2.75) is 32.7 Å². The summed E-state index contributed by atoms with van der Waals surface area (Å²) >= 11 is 6.19. The second-order valence-corrected chi connectivity index (χ2v) is 6.29. The maximum absolute atomic E-state index is 12.7. The second kappa shape index (κ2) is 7.66. The van der Waals surface area contributed by atoms with Crippen LogP contribution in [0.4, 0.5) is 0 Å². The van der Waals surface area contributed by atoms with Crippen molar-refractivity contribution in [2.75, 3.05) is 7.11 Å². The monoisotopic (exact) mass is 357 g/mol. The van der Waals surface area contributed by atoms with Crippen LogP contribution in [0, 0.1) is 6.92 Å². The van der Waals surface area contributed by atoms with Gasteiger partial charge in [0, 0.05) is 35.1 Å². The summed E-state index contributed by atoms with van der Waals surface area (Å²) in [5, 5.41) is 3.33. The largest absolute Gasteiger partial charge is 0.481 e. The summed E-state index contributed by atoms with van der Waals surface area (Å²) in [5.74, 6) is 0.381. The van der Waals surface area contributed by atoms with Crippen molar-refractivity contribution in [3.63, 3.8) is 0 Å². The molecule has 0 unspecified atom stereocenters. The molecule has 0 spiro atoms. The molecule has 0 bridgehead atoms. The number of carbonyl (C=O) groups is 1. The highest BCUT2D eigenvalue weighted by Gasteiger charge is 2.17. The molecule has 0 aromatic carbocycles. The van der Waals surface area contributed by atoms with Gasteiger partial charge in [0.1, 0.15) is 5.15 Å². The molecular weight excluding hydrogens is 338 g/mol. The molecule has 2 aromatic rings. The molecule has 5 nitrogen and oxygen atoms in total. The van der Waals surface area contributed by atoms with E-state index >= 15 is 0 Å². The first-order valence-corrected chi connectivity index (χ1v) is 8.58. The molecule has 130 valence electrons. The van der Waals surface area contributed by atoms with Gasteiger partial charge >= 0.3 is 0 Å². The SMILES string of the molecule is COc1nc(C)cc2c1CNC(=O)c1ccnc(Cl)c1C/C=C/CC2. The van der Waals surface area contributed by atoms with Crippen LogP contribution in [0.25, 0.3) is 0 Å². The third-order valence-corrected chi connectivity index (χ3v) is 4.57. The van der Waals surface area contributed by atoms with E-state index in [2.05, 4.69) is 27.4 Å². The number of nitrogens with zero attached hydrogens (tertiary/aromatic N) is 2. The Morgan fingerprint density at radius 1 is 1.28 bits per heavy atom. The van der Waals surface area contributed by atoms with Crippen molar-refractivity contribution >= 4 is 17.5 Å². The van der Waals surface area contributed by atoms with E-state index in [9.17, 15) is 4.79 Å². The average Bonchev–Trinajstić information content (AvgIpc) is 2.59. The van der Waals surface area contributed by atoms with Crippen molar-refractivity contribution < 1.29 is 9.53 Å². The molecule has 3 heterocycles. The van der Waals surface area contributed by atoms with Crippen molar-refractivity contribution in [3.8, 4) is 5.88 Å². The van der Waals surface area contributed by atoms with Gasteiger partial charge in [-0.15, -0.1) is 0 Å². The Morgan fingerprint density at radius 2 is 2.12 bits per heavy atom. The Bertz CT molecular complexity index is 834. The van der Waals surface area contributed by atoms with Crippen LogP contribution in [0.1, 0.15) is 39.2 Å². The fourth-order valence-electron chi connectivity index (χ4n) is 3.01. The van der Waals surface area contributed by atoms with Gasteiger partial charge in [-0.2, -0.15) is 0 Å². The second-order valence-electron chi connectivity index (χ2n) is 5.94. The summed E-state index contributed by atoms with van der Waals surface area (Å²) < 4.78 is 5.43. The third kappa shape index (κ3) is 3.82. The lowest BCUT2D eigenvalue weighted by molar-refractivity contribution is 0.0949. The standard InChI is InChI=1S/C19H20ClN3O2/c1-12-10-13-6-4-3-5-7-14-15(8-9-21-17(14)20)18(24)22-11-16(13)19(23-12)25-2/h3,5,8-10H,4,6-7,11H2,1-2H3,(H,22,24)/b5-3+. The lowest BCUT2D eigenvalue weighted by atomic mass is 10.0. The molecule has 6 heteroatoms. The van der Waals surface area contributed by atoms with E-state index in [-0.39, 0.29) is 5.91 Å². The summed E-state index contributed by atoms with van der Waals surface area (Å²) in [6, 6.07) is 3.75. The number of fused-ring (bicyclic) bond motifs is 2. The molecule has 0 fully saturated rings. The number of carbonyl (C=O) groups excluding carboxylic acids is 1. The van der Waals surface area contributed by atoms with E-state index < -0.39 is 0 Å². The molecule has 0 saturated heterocycles. The maximum atomic E-state index is 12.7. The molecule has 1 N–H and O–H groups in total. The van der Waals surface area contributed by atoms with Gasteiger partial charge < -0.3 is 10.1 Å². The minimum absolute atomic E-state index is 0.179. The van der Waals surface area contributed by atoms with Gasteiger partial charge in [-0.3, -0.25) is 4.79 Å². The van der Waals surface area contributed by atoms with Crippen LogP contribution in [-0.2, 0) is 19.4 Å². The summed E-state index contributed by atoms with van der Waals surface area (Å²) in [6.07, 6.45) is 8.03. The molecule has 0 aliphatic carbocycles. The quantitative estimate of drug-likeness (QED) is 0.627. The highest BCUT2D eigenvalue weighted by molar-refractivity contribution is 6.30. The molecule has 1 amide bonds. The predicted octanol–water partition coefficient (Wildman–Crippen LogP) is 3.42. The molecule has 0 atom stereocenters. The number of allylic oxidation sites excluding steroid dienone is 2. The number of rotatable bonds is 1. The van der Waals surface area contributed by atoms with Gasteiger partial charge in [0.2, 0.25) is 5.88 Å². The number of hydrogen-bond acceptors (Lipinski definition) is 4. The van der Waals surface area contributed by atoms with Crippen LogP contribution in [0.15, 0.2) is 30.5 Å². The Balaban J connectivity index is 2.01. The van der Waals surface area contributed by atoms with Gasteiger partial charge in [-0.25, -0.2) is 9.97 Å². The Morgan fingerprint density at radius 3 is 2.92 bits per heavy atom. The number of aryl methyl sites for hydroxylation is 2. The highest BCUT2D eigenvalue weighted by atomic mass is 35.5. The summed E-state index contributed by atoms with van der Waals surface area (Å²) in [4.78, 5) is 21.2. The van der Waals surface area contributed by atoms with Crippen LogP contribution in [0.2, 0.25) is 5.15 Å². The van der Waals surface area contributed by atoms with Gasteiger partial charge in [-0.05, 0) is 43.9 Å². The van der Waals surface area contributed by atoms with E-state index in [1.807, 2.05) is 13.0 Å².